The number of nitrogens with one attached hydrogen (secondary N) is 1. The first kappa shape index (κ1) is 7.57. The summed E-state index contributed by atoms with van der Waals surface area (Å²) in [5, 5.41) is 23.7. The van der Waals surface area contributed by atoms with Crippen LogP contribution in [0.25, 0.3) is 0 Å². The molecule has 11 heavy (non-hydrogen) atoms. The Morgan fingerprint density at radius 1 is 1.82 bits per heavy atom. The standard InChI is InChI=1S/C6H8N4O/c1-3(11)5-4(2-7)6(8)10-9-5/h3,11H,1H3,(H3,8,9,10). The molecule has 0 aliphatic rings. The molecule has 4 N–H and O–H groups in total. The summed E-state index contributed by atoms with van der Waals surface area (Å²) in [4.78, 5) is 0. The SMILES string of the molecule is CC(O)c1[nH]nc(N)c1C#N. The second-order valence-electron chi connectivity index (χ2n) is 2.19. The molecule has 0 saturated heterocycles. The van der Waals surface area contributed by atoms with E-state index in [0.717, 1.165) is 0 Å². The Balaban J connectivity index is 3.19. The molecule has 58 valence electrons. The predicted molar refractivity (Wildman–Crippen MR) is 38.3 cm³/mol. The summed E-state index contributed by atoms with van der Waals surface area (Å²) in [6.45, 7) is 1.54. The van der Waals surface area contributed by atoms with Crippen molar-refractivity contribution in [1.29, 1.82) is 5.26 Å². The molecule has 5 nitrogen and oxygen atoms in total. The van der Waals surface area contributed by atoms with Gasteiger partial charge in [0.2, 0.25) is 0 Å². The molecule has 0 bridgehead atoms. The predicted octanol–water partition coefficient (Wildman–Crippen LogP) is -0.0831. The number of anilines is 1. The Kier molecular flexibility index (Phi) is 1.79. The smallest absolute Gasteiger partial charge is 0.163 e. The van der Waals surface area contributed by atoms with E-state index in [2.05, 4.69) is 10.2 Å². The van der Waals surface area contributed by atoms with Gasteiger partial charge in [-0.05, 0) is 6.92 Å². The number of aliphatic hydroxyl groups is 1. The van der Waals surface area contributed by atoms with Crippen LogP contribution in [0, 0.1) is 11.3 Å². The summed E-state index contributed by atoms with van der Waals surface area (Å²) >= 11 is 0. The van der Waals surface area contributed by atoms with Crippen molar-refractivity contribution in [2.45, 2.75) is 13.0 Å². The van der Waals surface area contributed by atoms with Crippen LogP contribution < -0.4 is 5.73 Å². The molecule has 0 aliphatic heterocycles. The average Bonchev–Trinajstić information content (AvgIpc) is 2.30. The van der Waals surface area contributed by atoms with Crippen LogP contribution in [-0.2, 0) is 0 Å². The fraction of sp³-hybridized carbons (Fsp3) is 0.333. The van der Waals surface area contributed by atoms with Gasteiger partial charge in [0.15, 0.2) is 5.82 Å². The van der Waals surface area contributed by atoms with Crippen LogP contribution >= 0.6 is 0 Å². The van der Waals surface area contributed by atoms with Crippen LogP contribution in [0.2, 0.25) is 0 Å². The summed E-state index contributed by atoms with van der Waals surface area (Å²) in [5.41, 5.74) is 5.90. The van der Waals surface area contributed by atoms with E-state index in [4.69, 9.17) is 16.1 Å². The quantitative estimate of drug-likeness (QED) is 0.524. The molecule has 1 rings (SSSR count). The van der Waals surface area contributed by atoms with Crippen molar-refractivity contribution in [2.24, 2.45) is 0 Å². The van der Waals surface area contributed by atoms with E-state index >= 15 is 0 Å². The maximum Gasteiger partial charge on any atom is 0.163 e. The summed E-state index contributed by atoms with van der Waals surface area (Å²) in [7, 11) is 0. The van der Waals surface area contributed by atoms with E-state index in [9.17, 15) is 0 Å². The van der Waals surface area contributed by atoms with Gasteiger partial charge in [0, 0.05) is 0 Å². The van der Waals surface area contributed by atoms with Crippen LogP contribution in [-0.4, -0.2) is 15.3 Å². The highest BCUT2D eigenvalue weighted by Crippen LogP contribution is 2.17. The molecule has 0 amide bonds. The second-order valence-corrected chi connectivity index (χ2v) is 2.19. The van der Waals surface area contributed by atoms with Crippen LogP contribution in [0.15, 0.2) is 0 Å². The van der Waals surface area contributed by atoms with Crippen molar-refractivity contribution >= 4 is 5.82 Å². The largest absolute Gasteiger partial charge is 0.387 e. The zero-order chi connectivity index (χ0) is 8.43. The van der Waals surface area contributed by atoms with Gasteiger partial charge < -0.3 is 10.8 Å². The van der Waals surface area contributed by atoms with Crippen molar-refractivity contribution in [2.75, 3.05) is 5.73 Å². The minimum atomic E-state index is -0.741. The van der Waals surface area contributed by atoms with Gasteiger partial charge in [-0.2, -0.15) is 10.4 Å². The van der Waals surface area contributed by atoms with E-state index in [1.165, 1.54) is 6.92 Å². The average molecular weight is 152 g/mol. The van der Waals surface area contributed by atoms with Gasteiger partial charge in [0.05, 0.1) is 11.8 Å². The van der Waals surface area contributed by atoms with Crippen molar-refractivity contribution in [3.8, 4) is 6.07 Å². The lowest BCUT2D eigenvalue weighted by atomic mass is 10.2. The third-order valence-corrected chi connectivity index (χ3v) is 1.35. The Bertz CT molecular complexity index is 296. The molecule has 0 saturated carbocycles. The number of aromatic nitrogens is 2. The minimum absolute atomic E-state index is 0.128. The zero-order valence-corrected chi connectivity index (χ0v) is 6.00. The number of aromatic amines is 1. The molecule has 0 aromatic carbocycles. The number of nitrogens with two attached hydrogens (primary N) is 1. The third-order valence-electron chi connectivity index (χ3n) is 1.35. The number of hydrogen-bond donors (Lipinski definition) is 3. The van der Waals surface area contributed by atoms with E-state index in [1.807, 2.05) is 6.07 Å². The Morgan fingerprint density at radius 2 is 2.45 bits per heavy atom. The van der Waals surface area contributed by atoms with Crippen LogP contribution in [0.4, 0.5) is 5.82 Å². The van der Waals surface area contributed by atoms with Crippen LogP contribution in [0.5, 0.6) is 0 Å². The van der Waals surface area contributed by atoms with E-state index < -0.39 is 6.10 Å². The van der Waals surface area contributed by atoms with E-state index in [-0.39, 0.29) is 11.4 Å². The van der Waals surface area contributed by atoms with Gasteiger partial charge in [-0.25, -0.2) is 0 Å². The number of nitriles is 1. The topological polar surface area (TPSA) is 98.7 Å². The van der Waals surface area contributed by atoms with Crippen molar-refractivity contribution in [3.05, 3.63) is 11.3 Å². The molecule has 0 radical (unpaired) electrons. The highest BCUT2D eigenvalue weighted by atomic mass is 16.3. The fourth-order valence-electron chi connectivity index (χ4n) is 0.790. The number of aliphatic hydroxyl groups excluding tert-OH is 1. The molecule has 1 atom stereocenters. The maximum atomic E-state index is 9.07. The fourth-order valence-corrected chi connectivity index (χ4v) is 0.790. The molecule has 0 aliphatic carbocycles. The number of nitrogen functional groups attached to an aromatic ring is 1. The van der Waals surface area contributed by atoms with Crippen molar-refractivity contribution in [1.82, 2.24) is 10.2 Å². The number of hydrogen-bond acceptors (Lipinski definition) is 4. The number of rotatable bonds is 1. The Morgan fingerprint density at radius 3 is 2.82 bits per heavy atom. The normalized spacial score (nSPS) is 12.5. The summed E-state index contributed by atoms with van der Waals surface area (Å²) in [6, 6.07) is 1.85. The van der Waals surface area contributed by atoms with E-state index in [1.54, 1.807) is 0 Å². The number of nitrogens with zero attached hydrogens (tertiary/aromatic N) is 2. The first-order chi connectivity index (χ1) is 5.16. The number of H-pyrrole nitrogens is 1. The molecule has 5 heteroatoms. The summed E-state index contributed by atoms with van der Waals surface area (Å²) < 4.78 is 0. The van der Waals surface area contributed by atoms with Gasteiger partial charge in [-0.1, -0.05) is 0 Å². The van der Waals surface area contributed by atoms with Crippen LogP contribution in [0.1, 0.15) is 24.3 Å². The highest BCUT2D eigenvalue weighted by molar-refractivity contribution is 5.51. The summed E-state index contributed by atoms with van der Waals surface area (Å²) in [5.74, 6) is 0.128. The zero-order valence-electron chi connectivity index (χ0n) is 6.00. The lowest BCUT2D eigenvalue weighted by Gasteiger charge is -1.98. The minimum Gasteiger partial charge on any atom is -0.387 e. The van der Waals surface area contributed by atoms with Gasteiger partial charge >= 0.3 is 0 Å². The molecular weight excluding hydrogens is 144 g/mol. The van der Waals surface area contributed by atoms with Crippen LogP contribution in [0.3, 0.4) is 0 Å². The van der Waals surface area contributed by atoms with Gasteiger partial charge in [0.25, 0.3) is 0 Å². The van der Waals surface area contributed by atoms with Crippen molar-refractivity contribution in [3.63, 3.8) is 0 Å². The second kappa shape index (κ2) is 2.60. The van der Waals surface area contributed by atoms with E-state index in [0.29, 0.717) is 5.69 Å². The van der Waals surface area contributed by atoms with Gasteiger partial charge in [0.1, 0.15) is 11.6 Å². The van der Waals surface area contributed by atoms with Crippen molar-refractivity contribution < 1.29 is 5.11 Å². The van der Waals surface area contributed by atoms with Gasteiger partial charge in [-0.15, -0.1) is 0 Å². The lowest BCUT2D eigenvalue weighted by Crippen LogP contribution is -1.95. The molecular formula is C6H8N4O. The monoisotopic (exact) mass is 152 g/mol. The Hall–Kier alpha value is -1.54. The molecule has 1 aromatic rings. The first-order valence-electron chi connectivity index (χ1n) is 3.08. The van der Waals surface area contributed by atoms with Gasteiger partial charge in [-0.3, -0.25) is 5.10 Å². The maximum absolute atomic E-state index is 9.07. The summed E-state index contributed by atoms with van der Waals surface area (Å²) in [6.07, 6.45) is -0.741. The third kappa shape index (κ3) is 1.16. The lowest BCUT2D eigenvalue weighted by molar-refractivity contribution is 0.194. The molecule has 1 aromatic heterocycles. The Labute approximate surface area is 63.5 Å². The molecule has 1 heterocycles. The molecule has 0 fully saturated rings. The highest BCUT2D eigenvalue weighted by Gasteiger charge is 2.13. The molecule has 0 spiro atoms. The molecule has 1 unspecified atom stereocenters. The first-order valence-corrected chi connectivity index (χ1v) is 3.08.